The monoisotopic (exact) mass is 317 g/mol. The molecule has 23 heavy (non-hydrogen) atoms. The molecule has 0 spiro atoms. The molecule has 0 radical (unpaired) electrons. The predicted octanol–water partition coefficient (Wildman–Crippen LogP) is 2.74. The number of hydrogen-bond acceptors (Lipinski definition) is 6. The molecule has 0 aromatic heterocycles. The van der Waals surface area contributed by atoms with Crippen LogP contribution in [-0.2, 0) is 4.79 Å². The third-order valence-electron chi connectivity index (χ3n) is 3.07. The second-order valence-corrected chi connectivity index (χ2v) is 4.54. The lowest BCUT2D eigenvalue weighted by molar-refractivity contribution is -0.393. The molecule has 0 bridgehead atoms. The molecule has 2 N–H and O–H groups in total. The highest BCUT2D eigenvalue weighted by Gasteiger charge is 2.25. The van der Waals surface area contributed by atoms with Crippen molar-refractivity contribution in [1.82, 2.24) is 0 Å². The fourth-order valence-corrected chi connectivity index (χ4v) is 2.00. The van der Waals surface area contributed by atoms with Crippen LogP contribution in [0.1, 0.15) is 11.6 Å². The van der Waals surface area contributed by atoms with Gasteiger partial charge in [0.1, 0.15) is 5.69 Å². The van der Waals surface area contributed by atoms with Gasteiger partial charge in [0.2, 0.25) is 0 Å². The van der Waals surface area contributed by atoms with Gasteiger partial charge in [-0.2, -0.15) is 0 Å². The van der Waals surface area contributed by atoms with Gasteiger partial charge in [-0.1, -0.05) is 30.3 Å². The van der Waals surface area contributed by atoms with Crippen molar-refractivity contribution < 1.29 is 19.7 Å². The van der Waals surface area contributed by atoms with Gasteiger partial charge in [0.15, 0.2) is 6.04 Å². The summed E-state index contributed by atoms with van der Waals surface area (Å²) in [6, 6.07) is 9.84. The highest BCUT2D eigenvalue weighted by atomic mass is 16.6. The minimum atomic E-state index is -1.23. The number of nitro benzene ring substituents is 2. The summed E-state index contributed by atoms with van der Waals surface area (Å²) in [5.41, 5.74) is -0.736. The van der Waals surface area contributed by atoms with E-state index in [1.165, 1.54) is 0 Å². The van der Waals surface area contributed by atoms with Crippen LogP contribution in [0.4, 0.5) is 17.1 Å². The zero-order valence-corrected chi connectivity index (χ0v) is 11.6. The molecule has 9 nitrogen and oxygen atoms in total. The molecule has 0 saturated carbocycles. The van der Waals surface area contributed by atoms with E-state index in [-0.39, 0.29) is 5.69 Å². The minimum absolute atomic E-state index is 0.114. The second kappa shape index (κ2) is 6.52. The normalized spacial score (nSPS) is 11.5. The van der Waals surface area contributed by atoms with Gasteiger partial charge in [-0.05, 0) is 11.6 Å². The van der Waals surface area contributed by atoms with Crippen molar-refractivity contribution >= 4 is 23.0 Å². The Kier molecular flexibility index (Phi) is 4.50. The van der Waals surface area contributed by atoms with E-state index in [0.29, 0.717) is 5.56 Å². The van der Waals surface area contributed by atoms with Gasteiger partial charge in [-0.15, -0.1) is 0 Å². The maximum absolute atomic E-state index is 11.4. The summed E-state index contributed by atoms with van der Waals surface area (Å²) in [4.78, 5) is 31.6. The third kappa shape index (κ3) is 3.59. The number of nitro groups is 2. The Balaban J connectivity index is 2.42. The number of rotatable bonds is 6. The standard InChI is InChI=1S/C14H11N3O6/c18-14(19)13(9-4-2-1-3-5-9)15-11-7-6-10(16(20)21)8-12(11)17(22)23/h1-8,13,15H,(H,18,19)/t13-/m1/s1. The Hall–Kier alpha value is -3.49. The molecule has 0 amide bonds. The predicted molar refractivity (Wildman–Crippen MR) is 80.2 cm³/mol. The molecule has 2 aromatic carbocycles. The number of nitrogens with zero attached hydrogens (tertiary/aromatic N) is 2. The number of nitrogens with one attached hydrogen (secondary N) is 1. The van der Waals surface area contributed by atoms with Crippen molar-refractivity contribution in [3.63, 3.8) is 0 Å². The first-order valence-electron chi connectivity index (χ1n) is 6.37. The van der Waals surface area contributed by atoms with Crippen LogP contribution in [0.15, 0.2) is 48.5 Å². The van der Waals surface area contributed by atoms with E-state index in [1.54, 1.807) is 30.3 Å². The first-order valence-corrected chi connectivity index (χ1v) is 6.37. The van der Waals surface area contributed by atoms with Gasteiger partial charge in [0.25, 0.3) is 11.4 Å². The highest BCUT2D eigenvalue weighted by Crippen LogP contribution is 2.31. The van der Waals surface area contributed by atoms with Crippen LogP contribution in [0.25, 0.3) is 0 Å². The molecule has 0 aliphatic heterocycles. The Morgan fingerprint density at radius 3 is 2.22 bits per heavy atom. The Morgan fingerprint density at radius 1 is 1.04 bits per heavy atom. The van der Waals surface area contributed by atoms with Crippen molar-refractivity contribution in [3.8, 4) is 0 Å². The Morgan fingerprint density at radius 2 is 1.70 bits per heavy atom. The van der Waals surface area contributed by atoms with E-state index in [4.69, 9.17) is 0 Å². The average molecular weight is 317 g/mol. The second-order valence-electron chi connectivity index (χ2n) is 4.54. The molecule has 1 atom stereocenters. The lowest BCUT2D eigenvalue weighted by Crippen LogP contribution is -2.21. The topological polar surface area (TPSA) is 136 Å². The summed E-state index contributed by atoms with van der Waals surface area (Å²) in [7, 11) is 0. The molecule has 118 valence electrons. The van der Waals surface area contributed by atoms with Gasteiger partial charge in [0, 0.05) is 6.07 Å². The lowest BCUT2D eigenvalue weighted by atomic mass is 10.1. The summed E-state index contributed by atoms with van der Waals surface area (Å²) in [6.45, 7) is 0. The largest absolute Gasteiger partial charge is 0.479 e. The van der Waals surface area contributed by atoms with E-state index >= 15 is 0 Å². The van der Waals surface area contributed by atoms with Gasteiger partial charge in [-0.3, -0.25) is 20.2 Å². The molecule has 0 aliphatic carbocycles. The zero-order valence-electron chi connectivity index (χ0n) is 11.6. The molecule has 0 aliphatic rings. The van der Waals surface area contributed by atoms with Gasteiger partial charge >= 0.3 is 5.97 Å². The van der Waals surface area contributed by atoms with Crippen LogP contribution in [0.2, 0.25) is 0 Å². The number of aliphatic carboxylic acids is 1. The van der Waals surface area contributed by atoms with Crippen molar-refractivity contribution in [2.24, 2.45) is 0 Å². The Bertz CT molecular complexity index is 762. The SMILES string of the molecule is O=C(O)[C@H](Nc1ccc([N+](=O)[O-])cc1[N+](=O)[O-])c1ccccc1. The van der Waals surface area contributed by atoms with E-state index in [0.717, 1.165) is 18.2 Å². The van der Waals surface area contributed by atoms with Crippen molar-refractivity contribution in [1.29, 1.82) is 0 Å². The number of benzene rings is 2. The number of carboxylic acid groups (broad SMARTS) is 1. The van der Waals surface area contributed by atoms with Crippen LogP contribution >= 0.6 is 0 Å². The van der Waals surface area contributed by atoms with Crippen LogP contribution < -0.4 is 5.32 Å². The van der Waals surface area contributed by atoms with E-state index in [2.05, 4.69) is 5.32 Å². The van der Waals surface area contributed by atoms with E-state index in [9.17, 15) is 30.1 Å². The quantitative estimate of drug-likeness (QED) is 0.617. The minimum Gasteiger partial charge on any atom is -0.479 e. The maximum Gasteiger partial charge on any atom is 0.330 e. The number of carbonyl (C=O) groups is 1. The van der Waals surface area contributed by atoms with E-state index < -0.39 is 33.2 Å². The molecular formula is C14H11N3O6. The van der Waals surface area contributed by atoms with Crippen molar-refractivity contribution in [3.05, 3.63) is 74.3 Å². The van der Waals surface area contributed by atoms with E-state index in [1.807, 2.05) is 0 Å². The molecular weight excluding hydrogens is 306 g/mol. The van der Waals surface area contributed by atoms with Gasteiger partial charge < -0.3 is 10.4 Å². The molecule has 0 saturated heterocycles. The summed E-state index contributed by atoms with van der Waals surface area (Å²) in [5.74, 6) is -1.23. The van der Waals surface area contributed by atoms with Gasteiger partial charge in [0.05, 0.1) is 15.9 Å². The molecule has 0 heterocycles. The van der Waals surface area contributed by atoms with Crippen molar-refractivity contribution in [2.45, 2.75) is 6.04 Å². The van der Waals surface area contributed by atoms with Crippen LogP contribution in [0.3, 0.4) is 0 Å². The highest BCUT2D eigenvalue weighted by molar-refractivity contribution is 5.81. The molecule has 0 fully saturated rings. The molecule has 2 rings (SSSR count). The van der Waals surface area contributed by atoms with Gasteiger partial charge in [-0.25, -0.2) is 4.79 Å². The average Bonchev–Trinajstić information content (AvgIpc) is 2.52. The Labute approximate surface area is 129 Å². The number of carboxylic acids is 1. The smallest absolute Gasteiger partial charge is 0.330 e. The lowest BCUT2D eigenvalue weighted by Gasteiger charge is -2.16. The first kappa shape index (κ1) is 15.9. The maximum atomic E-state index is 11.4. The fourth-order valence-electron chi connectivity index (χ4n) is 2.00. The molecule has 2 aromatic rings. The number of anilines is 1. The third-order valence-corrected chi connectivity index (χ3v) is 3.07. The summed E-state index contributed by atoms with van der Waals surface area (Å²) in [5, 5.41) is 33.7. The summed E-state index contributed by atoms with van der Waals surface area (Å²) in [6.07, 6.45) is 0. The van der Waals surface area contributed by atoms with Crippen molar-refractivity contribution in [2.75, 3.05) is 5.32 Å². The summed E-state index contributed by atoms with van der Waals surface area (Å²) < 4.78 is 0. The first-order chi connectivity index (χ1) is 10.9. The molecule has 9 heteroatoms. The number of non-ortho nitro benzene ring substituents is 1. The van der Waals surface area contributed by atoms with Crippen LogP contribution in [-0.4, -0.2) is 20.9 Å². The molecule has 0 unspecified atom stereocenters. The summed E-state index contributed by atoms with van der Waals surface area (Å²) >= 11 is 0. The zero-order chi connectivity index (χ0) is 17.0. The number of hydrogen-bond donors (Lipinski definition) is 2. The fraction of sp³-hybridized carbons (Fsp3) is 0.0714. The van der Waals surface area contributed by atoms with Crippen LogP contribution in [0.5, 0.6) is 0 Å². The van der Waals surface area contributed by atoms with Crippen LogP contribution in [0, 0.1) is 20.2 Å².